The van der Waals surface area contributed by atoms with E-state index in [-0.39, 0.29) is 16.7 Å². The maximum absolute atomic E-state index is 12.2. The largest absolute Gasteiger partial charge is 0.501 e. The zero-order valence-corrected chi connectivity index (χ0v) is 21.3. The molecule has 2 aromatic heterocycles. The topological polar surface area (TPSA) is 75.5 Å². The van der Waals surface area contributed by atoms with Crippen LogP contribution < -0.4 is 15.0 Å². The minimum Gasteiger partial charge on any atom is -0.501 e. The van der Waals surface area contributed by atoms with Crippen LogP contribution in [0, 0.1) is 18.3 Å². The van der Waals surface area contributed by atoms with Crippen molar-refractivity contribution >= 4 is 0 Å². The molecule has 1 aliphatic rings. The van der Waals surface area contributed by atoms with E-state index in [1.807, 2.05) is 19.9 Å². The van der Waals surface area contributed by atoms with Gasteiger partial charge >= 0.3 is 0 Å². The molecule has 2 aromatic rings. The highest BCUT2D eigenvalue weighted by Gasteiger charge is 2.52. The average Bonchev–Trinajstić information content (AvgIpc) is 3.49. The Morgan fingerprint density at radius 3 is 2.74 bits per heavy atom. The smallest absolute Gasteiger partial charge is 0.292 e. The van der Waals surface area contributed by atoms with Gasteiger partial charge in [-0.2, -0.15) is 4.98 Å². The third-order valence-corrected chi connectivity index (χ3v) is 6.48. The van der Waals surface area contributed by atoms with Crippen LogP contribution >= 0.6 is 0 Å². The van der Waals surface area contributed by atoms with E-state index in [9.17, 15) is 4.79 Å². The Bertz CT molecular complexity index is 1190. The van der Waals surface area contributed by atoms with Crippen LogP contribution in [0.4, 0.5) is 0 Å². The predicted molar refractivity (Wildman–Crippen MR) is 134 cm³/mol. The molecule has 7 nitrogen and oxygen atoms in total. The maximum Gasteiger partial charge on any atom is 0.292 e. The van der Waals surface area contributed by atoms with Gasteiger partial charge in [0.05, 0.1) is 32.1 Å². The molecule has 2 heterocycles. The number of rotatable bonds is 10. The predicted octanol–water partition coefficient (Wildman–Crippen LogP) is 5.01. The summed E-state index contributed by atoms with van der Waals surface area (Å²) in [5, 5.41) is 0. The second-order valence-corrected chi connectivity index (χ2v) is 9.11. The van der Waals surface area contributed by atoms with Crippen LogP contribution in [0.5, 0.6) is 11.6 Å². The van der Waals surface area contributed by atoms with E-state index in [1.165, 1.54) is 17.3 Å². The highest BCUT2D eigenvalue weighted by atomic mass is 16.5. The number of pyridine rings is 1. The van der Waals surface area contributed by atoms with Crippen molar-refractivity contribution in [1.29, 1.82) is 0 Å². The van der Waals surface area contributed by atoms with Crippen molar-refractivity contribution in [1.82, 2.24) is 14.5 Å². The molecule has 3 rings (SSSR count). The lowest BCUT2D eigenvalue weighted by atomic mass is 9.94. The van der Waals surface area contributed by atoms with Crippen molar-refractivity contribution in [2.24, 2.45) is 18.4 Å². The molecule has 1 fully saturated rings. The minimum absolute atomic E-state index is 0.0316. The average molecular weight is 466 g/mol. The van der Waals surface area contributed by atoms with Gasteiger partial charge in [-0.1, -0.05) is 32.1 Å². The number of methoxy groups -OCH3 is 2. The fourth-order valence-corrected chi connectivity index (χ4v) is 3.98. The Kier molecular flexibility index (Phi) is 7.64. The van der Waals surface area contributed by atoms with Gasteiger partial charge in [0.2, 0.25) is 5.88 Å². The van der Waals surface area contributed by atoms with Gasteiger partial charge in [0.25, 0.3) is 5.56 Å². The minimum atomic E-state index is -0.205. The van der Waals surface area contributed by atoms with Crippen LogP contribution in [-0.2, 0) is 11.8 Å². The molecule has 1 saturated carbocycles. The summed E-state index contributed by atoms with van der Waals surface area (Å²) < 4.78 is 18.3. The number of allylic oxidation sites excluding steroid dienone is 5. The summed E-state index contributed by atoms with van der Waals surface area (Å²) in [6, 6.07) is 1.70. The molecule has 0 saturated heterocycles. The molecular formula is C27H35N3O4. The number of aryl methyl sites for hydroxylation is 2. The van der Waals surface area contributed by atoms with Crippen LogP contribution in [0.15, 0.2) is 58.9 Å². The normalized spacial score (nSPS) is 20.1. The van der Waals surface area contributed by atoms with E-state index in [1.54, 1.807) is 32.6 Å². The first-order valence-electron chi connectivity index (χ1n) is 11.5. The van der Waals surface area contributed by atoms with Gasteiger partial charge in [-0.25, -0.2) is 4.98 Å². The van der Waals surface area contributed by atoms with E-state index in [0.717, 1.165) is 29.7 Å². The van der Waals surface area contributed by atoms with E-state index in [0.29, 0.717) is 29.8 Å². The third kappa shape index (κ3) is 5.41. The fourth-order valence-electron chi connectivity index (χ4n) is 3.98. The second kappa shape index (κ2) is 10.3. The highest BCUT2D eigenvalue weighted by Crippen LogP contribution is 2.58. The Hall–Kier alpha value is -3.35. The van der Waals surface area contributed by atoms with E-state index < -0.39 is 0 Å². The van der Waals surface area contributed by atoms with Gasteiger partial charge in [0.1, 0.15) is 5.82 Å². The molecule has 0 amide bonds. The van der Waals surface area contributed by atoms with Crippen molar-refractivity contribution in [2.45, 2.75) is 40.5 Å². The first-order chi connectivity index (χ1) is 16.1. The van der Waals surface area contributed by atoms with Crippen LogP contribution in [0.3, 0.4) is 0 Å². The number of nitrogens with zero attached hydrogens (tertiary/aromatic N) is 3. The molecule has 2 atom stereocenters. The third-order valence-electron chi connectivity index (χ3n) is 6.48. The zero-order valence-electron chi connectivity index (χ0n) is 21.3. The van der Waals surface area contributed by atoms with Gasteiger partial charge in [0.15, 0.2) is 5.75 Å². The molecule has 2 unspecified atom stereocenters. The lowest BCUT2D eigenvalue weighted by molar-refractivity contribution is 0.231. The summed E-state index contributed by atoms with van der Waals surface area (Å²) in [7, 11) is 4.84. The lowest BCUT2D eigenvalue weighted by Gasteiger charge is -2.17. The SMILES string of the molecule is C=C(CC)C(=CC=C(C)OC)C1CC1(C)COc1nc(C)ncc1-c1cc(OC)c(=O)n(C)c1. The molecule has 34 heavy (non-hydrogen) atoms. The molecule has 0 aliphatic heterocycles. The summed E-state index contributed by atoms with van der Waals surface area (Å²) in [6.45, 7) is 12.9. The summed E-state index contributed by atoms with van der Waals surface area (Å²) in [6.07, 6.45) is 9.48. The maximum atomic E-state index is 12.2. The fraction of sp³-hybridized carbons (Fsp3) is 0.444. The van der Waals surface area contributed by atoms with Gasteiger partial charge in [-0.3, -0.25) is 4.79 Å². The van der Waals surface area contributed by atoms with Gasteiger partial charge in [-0.15, -0.1) is 0 Å². The summed E-state index contributed by atoms with van der Waals surface area (Å²) in [5.74, 6) is 2.58. The van der Waals surface area contributed by atoms with E-state index in [4.69, 9.17) is 14.2 Å². The molecule has 182 valence electrons. The highest BCUT2D eigenvalue weighted by molar-refractivity contribution is 5.68. The van der Waals surface area contributed by atoms with Crippen molar-refractivity contribution in [3.05, 3.63) is 70.3 Å². The van der Waals surface area contributed by atoms with Crippen molar-refractivity contribution in [3.63, 3.8) is 0 Å². The molecule has 0 radical (unpaired) electrons. The summed E-state index contributed by atoms with van der Waals surface area (Å²) in [4.78, 5) is 21.1. The lowest BCUT2D eigenvalue weighted by Crippen LogP contribution is -2.18. The molecular weight excluding hydrogens is 430 g/mol. The van der Waals surface area contributed by atoms with Crippen molar-refractivity contribution in [2.75, 3.05) is 20.8 Å². The second-order valence-electron chi connectivity index (χ2n) is 9.11. The number of hydrogen-bond acceptors (Lipinski definition) is 6. The monoisotopic (exact) mass is 465 g/mol. The van der Waals surface area contributed by atoms with E-state index in [2.05, 4.69) is 36.5 Å². The Morgan fingerprint density at radius 2 is 2.09 bits per heavy atom. The summed E-state index contributed by atoms with van der Waals surface area (Å²) in [5.41, 5.74) is 3.61. The Labute approximate surface area is 201 Å². The first-order valence-corrected chi connectivity index (χ1v) is 11.5. The quantitative estimate of drug-likeness (QED) is 0.363. The van der Waals surface area contributed by atoms with Crippen LogP contribution in [0.1, 0.15) is 39.4 Å². The number of aromatic nitrogens is 3. The molecule has 0 aromatic carbocycles. The molecule has 7 heteroatoms. The van der Waals surface area contributed by atoms with Crippen LogP contribution in [0.25, 0.3) is 11.1 Å². The number of hydrogen-bond donors (Lipinski definition) is 0. The summed E-state index contributed by atoms with van der Waals surface area (Å²) >= 11 is 0. The zero-order chi connectivity index (χ0) is 25.0. The standard InChI is InChI=1S/C27H35N3O4/c1-9-17(2)21(11-10-18(3)32-7)23-13-27(23,5)16-34-25-22(14-28-19(4)29-25)20-12-24(33-8)26(31)30(6)15-20/h10-12,14-15,23H,2,9,13,16H2,1,3-8H3. The van der Waals surface area contributed by atoms with Gasteiger partial charge < -0.3 is 18.8 Å². The van der Waals surface area contributed by atoms with Gasteiger partial charge in [-0.05, 0) is 50.3 Å². The van der Waals surface area contributed by atoms with Crippen LogP contribution in [-0.4, -0.2) is 35.4 Å². The molecule has 1 aliphatic carbocycles. The van der Waals surface area contributed by atoms with Crippen molar-refractivity contribution < 1.29 is 14.2 Å². The Balaban J connectivity index is 1.87. The molecule has 0 bridgehead atoms. The van der Waals surface area contributed by atoms with Gasteiger partial charge in [0, 0.05) is 30.4 Å². The van der Waals surface area contributed by atoms with Crippen molar-refractivity contribution in [3.8, 4) is 22.8 Å². The first kappa shape index (κ1) is 25.3. The number of ether oxygens (including phenoxy) is 3. The van der Waals surface area contributed by atoms with Crippen LogP contribution in [0.2, 0.25) is 0 Å². The molecule has 0 N–H and O–H groups in total. The van der Waals surface area contributed by atoms with E-state index >= 15 is 0 Å². The molecule has 0 spiro atoms. The Morgan fingerprint density at radius 1 is 1.35 bits per heavy atom.